The van der Waals surface area contributed by atoms with Crippen molar-refractivity contribution in [2.45, 2.75) is 89.3 Å². The zero-order chi connectivity index (χ0) is 24.0. The molecule has 33 heavy (non-hydrogen) atoms. The quantitative estimate of drug-likeness (QED) is 0.410. The summed E-state index contributed by atoms with van der Waals surface area (Å²) in [6, 6.07) is -1.31. The first-order valence-corrected chi connectivity index (χ1v) is 11.6. The van der Waals surface area contributed by atoms with Crippen LogP contribution in [0.1, 0.15) is 59.3 Å². The van der Waals surface area contributed by atoms with E-state index in [9.17, 15) is 14.4 Å². The topological polar surface area (TPSA) is 153 Å². The molecule has 1 saturated carbocycles. The minimum Gasteiger partial charge on any atom is -0.480 e. The molecule has 2 bridgehead atoms. The van der Waals surface area contributed by atoms with Gasteiger partial charge in [0.25, 0.3) is 0 Å². The van der Waals surface area contributed by atoms with Gasteiger partial charge in [-0.25, -0.2) is 9.78 Å². The summed E-state index contributed by atoms with van der Waals surface area (Å²) in [5, 5.41) is 8.72. The third-order valence-corrected chi connectivity index (χ3v) is 7.62. The highest BCUT2D eigenvalue weighted by atomic mass is 17.3. The minimum absolute atomic E-state index is 0.0142. The largest absolute Gasteiger partial charge is 0.480 e. The van der Waals surface area contributed by atoms with Gasteiger partial charge in [-0.15, -0.1) is 0 Å². The lowest BCUT2D eigenvalue weighted by molar-refractivity contribution is -0.576. The Morgan fingerprint density at radius 1 is 1.09 bits per heavy atom. The van der Waals surface area contributed by atoms with Gasteiger partial charge in [0.1, 0.15) is 12.6 Å². The maximum atomic E-state index is 12.5. The molecular weight excluding hydrogens is 438 g/mol. The van der Waals surface area contributed by atoms with Crippen LogP contribution < -0.4 is 5.73 Å². The monoisotopic (exact) mass is 471 g/mol. The maximum Gasteiger partial charge on any atom is 0.324 e. The molecule has 0 amide bonds. The van der Waals surface area contributed by atoms with Gasteiger partial charge in [0.05, 0.1) is 12.8 Å². The zero-order valence-electron chi connectivity index (χ0n) is 19.2. The van der Waals surface area contributed by atoms with Gasteiger partial charge >= 0.3 is 17.9 Å². The Morgan fingerprint density at radius 3 is 2.55 bits per heavy atom. The third-order valence-electron chi connectivity index (χ3n) is 7.62. The van der Waals surface area contributed by atoms with Crippen LogP contribution in [0.25, 0.3) is 0 Å². The number of carbonyl (C=O) groups excluding carboxylic acids is 2. The molecule has 11 heteroatoms. The molecule has 5 fully saturated rings. The molecule has 0 aromatic rings. The van der Waals surface area contributed by atoms with Crippen molar-refractivity contribution >= 4 is 17.9 Å². The second kappa shape index (κ2) is 9.10. The molecule has 4 aliphatic heterocycles. The second-order valence-corrected chi connectivity index (χ2v) is 9.89. The molecule has 9 atom stereocenters. The van der Waals surface area contributed by atoms with Crippen molar-refractivity contribution in [2.75, 3.05) is 6.61 Å². The van der Waals surface area contributed by atoms with E-state index in [4.69, 9.17) is 39.6 Å². The van der Waals surface area contributed by atoms with E-state index in [1.807, 2.05) is 13.8 Å². The number of fused-ring (bicyclic) bond motifs is 2. The molecule has 1 spiro atoms. The van der Waals surface area contributed by atoms with Crippen LogP contribution >= 0.6 is 0 Å². The Hall–Kier alpha value is -1.79. The summed E-state index contributed by atoms with van der Waals surface area (Å²) >= 11 is 0. The number of carboxylic acid groups (broad SMARTS) is 1. The lowest BCUT2D eigenvalue weighted by atomic mass is 9.58. The molecule has 3 N–H and O–H groups in total. The minimum atomic E-state index is -1.31. The van der Waals surface area contributed by atoms with E-state index in [2.05, 4.69) is 6.92 Å². The van der Waals surface area contributed by atoms with Gasteiger partial charge < -0.3 is 29.8 Å². The van der Waals surface area contributed by atoms with Crippen molar-refractivity contribution in [3.63, 3.8) is 0 Å². The fraction of sp³-hybridized carbons (Fsp3) is 0.864. The third kappa shape index (κ3) is 4.49. The molecule has 11 nitrogen and oxygen atoms in total. The van der Waals surface area contributed by atoms with Crippen molar-refractivity contribution in [3.8, 4) is 0 Å². The van der Waals surface area contributed by atoms with Gasteiger partial charge in [-0.05, 0) is 38.0 Å². The van der Waals surface area contributed by atoms with E-state index in [1.54, 1.807) is 0 Å². The van der Waals surface area contributed by atoms with Crippen LogP contribution in [0.5, 0.6) is 0 Å². The van der Waals surface area contributed by atoms with Crippen molar-refractivity contribution in [3.05, 3.63) is 0 Å². The van der Waals surface area contributed by atoms with Crippen molar-refractivity contribution in [1.82, 2.24) is 0 Å². The molecular formula is C22H33NO10. The van der Waals surface area contributed by atoms with E-state index in [0.29, 0.717) is 12.3 Å². The predicted molar refractivity (Wildman–Crippen MR) is 109 cm³/mol. The van der Waals surface area contributed by atoms with E-state index in [0.717, 1.165) is 19.3 Å². The Labute approximate surface area is 192 Å². The summed E-state index contributed by atoms with van der Waals surface area (Å²) in [4.78, 5) is 46.7. The fourth-order valence-electron chi connectivity index (χ4n) is 5.73. The lowest BCUT2D eigenvalue weighted by Crippen LogP contribution is -2.70. The predicted octanol–water partition coefficient (Wildman–Crippen LogP) is 1.47. The Kier molecular flexibility index (Phi) is 6.71. The first-order chi connectivity index (χ1) is 15.6. The summed E-state index contributed by atoms with van der Waals surface area (Å²) in [6.45, 7) is 5.54. The lowest BCUT2D eigenvalue weighted by Gasteiger charge is -2.59. The summed E-state index contributed by atoms with van der Waals surface area (Å²) in [7, 11) is 0. The fourth-order valence-corrected chi connectivity index (χ4v) is 5.73. The number of hydrogen-bond acceptors (Lipinski definition) is 10. The van der Waals surface area contributed by atoms with Crippen LogP contribution in [0.15, 0.2) is 0 Å². The highest BCUT2D eigenvalue weighted by Gasteiger charge is 2.69. The van der Waals surface area contributed by atoms with Crippen LogP contribution in [0.4, 0.5) is 0 Å². The maximum absolute atomic E-state index is 12.5. The number of aliphatic carboxylic acids is 1. The van der Waals surface area contributed by atoms with E-state index in [-0.39, 0.29) is 30.6 Å². The molecule has 0 unspecified atom stereocenters. The number of carboxylic acids is 1. The van der Waals surface area contributed by atoms with Crippen molar-refractivity contribution in [1.29, 1.82) is 0 Å². The molecule has 0 aromatic carbocycles. The van der Waals surface area contributed by atoms with Crippen LogP contribution in [0, 0.1) is 23.7 Å². The van der Waals surface area contributed by atoms with Gasteiger partial charge in [-0.1, -0.05) is 13.8 Å². The standard InChI is InChI=1S/C22H33NO10/c1-11-4-5-14-12(2)19(29-17(25)7-6-16(24)28-10-15(23)18(26)27)30-20-22(14)13(11)8-9-21(3,31-20)32-33-22/h11-15,19-20H,4-10,23H2,1-3H3,(H,26,27)/t11-,12-,13+,14+,15+,19-,20-,21-,22-/m1/s1. The van der Waals surface area contributed by atoms with Crippen molar-refractivity contribution in [2.24, 2.45) is 29.4 Å². The summed E-state index contributed by atoms with van der Waals surface area (Å²) in [5.41, 5.74) is 4.54. The first kappa shape index (κ1) is 24.3. The van der Waals surface area contributed by atoms with Crippen LogP contribution in [0.3, 0.4) is 0 Å². The Balaban J connectivity index is 1.38. The van der Waals surface area contributed by atoms with Gasteiger partial charge in [0, 0.05) is 18.3 Å². The van der Waals surface area contributed by atoms with Crippen LogP contribution in [-0.4, -0.2) is 59.6 Å². The highest BCUT2D eigenvalue weighted by Crippen LogP contribution is 2.60. The average Bonchev–Trinajstić information content (AvgIpc) is 3.00. The molecule has 4 saturated heterocycles. The number of rotatable bonds is 7. The van der Waals surface area contributed by atoms with Crippen LogP contribution in [0.2, 0.25) is 0 Å². The molecule has 4 heterocycles. The summed E-state index contributed by atoms with van der Waals surface area (Å²) in [5.74, 6) is -3.08. The molecule has 0 radical (unpaired) electrons. The number of hydrogen-bond donors (Lipinski definition) is 2. The van der Waals surface area contributed by atoms with Gasteiger partial charge in [0.15, 0.2) is 11.9 Å². The second-order valence-electron chi connectivity index (χ2n) is 9.89. The van der Waals surface area contributed by atoms with Crippen LogP contribution in [-0.2, 0) is 43.1 Å². The van der Waals surface area contributed by atoms with E-state index >= 15 is 0 Å². The summed E-state index contributed by atoms with van der Waals surface area (Å²) in [6.07, 6.45) is 1.41. The molecule has 5 aliphatic rings. The van der Waals surface area contributed by atoms with E-state index in [1.165, 1.54) is 0 Å². The van der Waals surface area contributed by atoms with E-state index < -0.39 is 54.5 Å². The number of esters is 2. The van der Waals surface area contributed by atoms with Gasteiger partial charge in [0.2, 0.25) is 12.1 Å². The van der Waals surface area contributed by atoms with Gasteiger partial charge in [-0.2, -0.15) is 0 Å². The van der Waals surface area contributed by atoms with Gasteiger partial charge in [-0.3, -0.25) is 14.4 Å². The highest BCUT2D eigenvalue weighted by molar-refractivity contribution is 5.78. The SMILES string of the molecule is C[C@H]1[C@H](OC(=O)CCC(=O)OC[C@H](N)C(=O)O)O[C@@H]2O[C@@]3(C)CC[C@H]4[C@H](C)CC[C@@H]1[C@@]24OO3. The van der Waals surface area contributed by atoms with Crippen molar-refractivity contribution < 1.29 is 48.2 Å². The number of nitrogens with two attached hydrogens (primary N) is 1. The Morgan fingerprint density at radius 2 is 1.82 bits per heavy atom. The average molecular weight is 472 g/mol. The zero-order valence-corrected chi connectivity index (χ0v) is 19.2. The smallest absolute Gasteiger partial charge is 0.324 e. The molecule has 186 valence electrons. The Bertz CT molecular complexity index is 791. The summed E-state index contributed by atoms with van der Waals surface area (Å²) < 4.78 is 22.8. The molecule has 0 aromatic heterocycles. The molecule has 5 rings (SSSR count). The number of ether oxygens (including phenoxy) is 4. The normalized spacial score (nSPS) is 42.5. The number of carbonyl (C=O) groups is 3. The molecule has 1 aliphatic carbocycles. The first-order valence-electron chi connectivity index (χ1n) is 11.6.